The zero-order chi connectivity index (χ0) is 17.0. The number of hydrogen-bond acceptors (Lipinski definition) is 4. The Balaban J connectivity index is 1.66. The van der Waals surface area contributed by atoms with E-state index in [-0.39, 0.29) is 24.8 Å². The monoisotopic (exact) mass is 332 g/mol. The van der Waals surface area contributed by atoms with E-state index in [0.29, 0.717) is 37.3 Å². The van der Waals surface area contributed by atoms with E-state index in [1.165, 1.54) is 12.4 Å². The van der Waals surface area contributed by atoms with Crippen molar-refractivity contribution in [3.8, 4) is 5.69 Å². The van der Waals surface area contributed by atoms with Crippen LogP contribution in [0, 0.1) is 11.2 Å². The Morgan fingerprint density at radius 3 is 2.83 bits per heavy atom. The van der Waals surface area contributed by atoms with Crippen LogP contribution < -0.4 is 11.1 Å². The minimum atomic E-state index is -0.576. The number of carbonyl (C=O) groups is 1. The number of rotatable bonds is 5. The third kappa shape index (κ3) is 3.32. The smallest absolute Gasteiger partial charge is 0.227 e. The molecule has 6 nitrogen and oxygen atoms in total. The SMILES string of the molecule is NCC1(C(=O)NCc2ccc(-n3ccnc3)c(F)c2)CCOCC1. The molecule has 0 spiro atoms. The van der Waals surface area contributed by atoms with Crippen molar-refractivity contribution >= 4 is 5.91 Å². The largest absolute Gasteiger partial charge is 0.381 e. The summed E-state index contributed by atoms with van der Waals surface area (Å²) in [6, 6.07) is 4.89. The molecule has 1 aromatic heterocycles. The lowest BCUT2D eigenvalue weighted by molar-refractivity contribution is -0.136. The predicted octanol–water partition coefficient (Wildman–Crippen LogP) is 1.38. The first-order valence-electron chi connectivity index (χ1n) is 7.97. The topological polar surface area (TPSA) is 82.2 Å². The second-order valence-corrected chi connectivity index (χ2v) is 6.04. The lowest BCUT2D eigenvalue weighted by atomic mass is 9.79. The van der Waals surface area contributed by atoms with Crippen LogP contribution in [0.5, 0.6) is 0 Å². The van der Waals surface area contributed by atoms with Crippen LogP contribution in [-0.4, -0.2) is 35.2 Å². The number of nitrogens with zero attached hydrogens (tertiary/aromatic N) is 2. The molecule has 0 bridgehead atoms. The van der Waals surface area contributed by atoms with Gasteiger partial charge in [0.1, 0.15) is 5.82 Å². The molecule has 0 atom stereocenters. The maximum Gasteiger partial charge on any atom is 0.227 e. The molecule has 2 heterocycles. The minimum absolute atomic E-state index is 0.0904. The molecular weight excluding hydrogens is 311 g/mol. The van der Waals surface area contributed by atoms with Gasteiger partial charge in [0.2, 0.25) is 5.91 Å². The number of hydrogen-bond donors (Lipinski definition) is 2. The van der Waals surface area contributed by atoms with E-state index in [1.807, 2.05) is 0 Å². The Labute approximate surface area is 139 Å². The van der Waals surface area contributed by atoms with Gasteiger partial charge in [-0.3, -0.25) is 4.79 Å². The van der Waals surface area contributed by atoms with Crippen molar-refractivity contribution in [2.24, 2.45) is 11.1 Å². The predicted molar refractivity (Wildman–Crippen MR) is 86.9 cm³/mol. The van der Waals surface area contributed by atoms with E-state index in [9.17, 15) is 9.18 Å². The maximum absolute atomic E-state index is 14.2. The molecule has 1 saturated heterocycles. The Bertz CT molecular complexity index is 697. The molecule has 128 valence electrons. The van der Waals surface area contributed by atoms with Crippen LogP contribution in [0.2, 0.25) is 0 Å². The molecule has 1 amide bonds. The first-order chi connectivity index (χ1) is 11.6. The van der Waals surface area contributed by atoms with E-state index in [1.54, 1.807) is 29.1 Å². The van der Waals surface area contributed by atoms with E-state index >= 15 is 0 Å². The zero-order valence-electron chi connectivity index (χ0n) is 13.4. The van der Waals surface area contributed by atoms with Crippen LogP contribution >= 0.6 is 0 Å². The number of aromatic nitrogens is 2. The Hall–Kier alpha value is -2.25. The summed E-state index contributed by atoms with van der Waals surface area (Å²) in [6.45, 7) is 1.64. The van der Waals surface area contributed by atoms with Gasteiger partial charge in [-0.15, -0.1) is 0 Å². The van der Waals surface area contributed by atoms with Crippen molar-refractivity contribution in [2.45, 2.75) is 19.4 Å². The van der Waals surface area contributed by atoms with Crippen LogP contribution in [0.25, 0.3) is 5.69 Å². The first kappa shape index (κ1) is 16.6. The number of nitrogens with one attached hydrogen (secondary N) is 1. The highest BCUT2D eigenvalue weighted by Crippen LogP contribution is 2.29. The standard InChI is InChI=1S/C17H21FN4O2/c18-14-9-13(1-2-15(14)22-6-5-20-12-22)10-21-16(23)17(11-19)3-7-24-8-4-17/h1-2,5-6,9,12H,3-4,7-8,10-11,19H2,(H,21,23). The number of carbonyl (C=O) groups excluding carboxylic acids is 1. The van der Waals surface area contributed by atoms with Crippen molar-refractivity contribution in [3.05, 3.63) is 48.3 Å². The summed E-state index contributed by atoms with van der Waals surface area (Å²) >= 11 is 0. The van der Waals surface area contributed by atoms with Gasteiger partial charge < -0.3 is 20.4 Å². The van der Waals surface area contributed by atoms with Crippen molar-refractivity contribution in [2.75, 3.05) is 19.8 Å². The molecule has 3 N–H and O–H groups in total. The number of amides is 1. The summed E-state index contributed by atoms with van der Waals surface area (Å²) in [6.07, 6.45) is 6.03. The lowest BCUT2D eigenvalue weighted by Gasteiger charge is -2.34. The highest BCUT2D eigenvalue weighted by molar-refractivity contribution is 5.83. The quantitative estimate of drug-likeness (QED) is 0.867. The van der Waals surface area contributed by atoms with E-state index in [2.05, 4.69) is 10.3 Å². The van der Waals surface area contributed by atoms with Crippen molar-refractivity contribution < 1.29 is 13.9 Å². The Morgan fingerprint density at radius 1 is 1.42 bits per heavy atom. The van der Waals surface area contributed by atoms with Gasteiger partial charge in [0.15, 0.2) is 0 Å². The first-order valence-corrected chi connectivity index (χ1v) is 7.97. The molecule has 0 saturated carbocycles. The van der Waals surface area contributed by atoms with Gasteiger partial charge in [0.25, 0.3) is 0 Å². The molecule has 1 aliphatic rings. The summed E-state index contributed by atoms with van der Waals surface area (Å²) in [5.74, 6) is -0.452. The summed E-state index contributed by atoms with van der Waals surface area (Å²) in [5, 5.41) is 2.88. The molecule has 1 aromatic carbocycles. The van der Waals surface area contributed by atoms with Crippen molar-refractivity contribution in [1.29, 1.82) is 0 Å². The van der Waals surface area contributed by atoms with Crippen molar-refractivity contribution in [1.82, 2.24) is 14.9 Å². The molecular formula is C17H21FN4O2. The molecule has 7 heteroatoms. The molecule has 0 radical (unpaired) electrons. The van der Waals surface area contributed by atoms with Crippen molar-refractivity contribution in [3.63, 3.8) is 0 Å². The van der Waals surface area contributed by atoms with Gasteiger partial charge in [0.05, 0.1) is 17.4 Å². The average molecular weight is 332 g/mol. The molecule has 1 fully saturated rings. The van der Waals surface area contributed by atoms with Crippen LogP contribution in [0.1, 0.15) is 18.4 Å². The molecule has 3 rings (SSSR count). The molecule has 24 heavy (non-hydrogen) atoms. The molecule has 1 aliphatic heterocycles. The number of nitrogens with two attached hydrogens (primary N) is 1. The molecule has 2 aromatic rings. The zero-order valence-corrected chi connectivity index (χ0v) is 13.4. The number of imidazole rings is 1. The normalized spacial score (nSPS) is 16.8. The Morgan fingerprint density at radius 2 is 2.21 bits per heavy atom. The van der Waals surface area contributed by atoms with E-state index < -0.39 is 5.41 Å². The Kier molecular flexibility index (Phi) is 4.92. The summed E-state index contributed by atoms with van der Waals surface area (Å²) in [5.41, 5.74) is 6.37. The van der Waals surface area contributed by atoms with Crippen LogP contribution in [0.15, 0.2) is 36.9 Å². The van der Waals surface area contributed by atoms with Crippen LogP contribution in [0.4, 0.5) is 4.39 Å². The molecule has 0 unspecified atom stereocenters. The second kappa shape index (κ2) is 7.11. The number of halogens is 1. The molecule has 0 aliphatic carbocycles. The minimum Gasteiger partial charge on any atom is -0.381 e. The number of ether oxygens (including phenoxy) is 1. The van der Waals surface area contributed by atoms with Gasteiger partial charge in [-0.1, -0.05) is 6.07 Å². The van der Waals surface area contributed by atoms with Gasteiger partial charge in [-0.05, 0) is 30.5 Å². The van der Waals surface area contributed by atoms with Crippen LogP contribution in [-0.2, 0) is 16.1 Å². The number of benzene rings is 1. The maximum atomic E-state index is 14.2. The second-order valence-electron chi connectivity index (χ2n) is 6.04. The van der Waals surface area contributed by atoms with Gasteiger partial charge >= 0.3 is 0 Å². The van der Waals surface area contributed by atoms with E-state index in [0.717, 1.165) is 0 Å². The third-order valence-electron chi connectivity index (χ3n) is 4.57. The fourth-order valence-corrected chi connectivity index (χ4v) is 2.93. The fraction of sp³-hybridized carbons (Fsp3) is 0.412. The van der Waals surface area contributed by atoms with Crippen LogP contribution in [0.3, 0.4) is 0 Å². The summed E-state index contributed by atoms with van der Waals surface area (Å²) in [4.78, 5) is 16.4. The summed E-state index contributed by atoms with van der Waals surface area (Å²) in [7, 11) is 0. The average Bonchev–Trinajstić information content (AvgIpc) is 3.14. The van der Waals surface area contributed by atoms with Gasteiger partial charge in [-0.25, -0.2) is 9.37 Å². The highest BCUT2D eigenvalue weighted by atomic mass is 19.1. The van der Waals surface area contributed by atoms with Gasteiger partial charge in [-0.2, -0.15) is 0 Å². The van der Waals surface area contributed by atoms with E-state index in [4.69, 9.17) is 10.5 Å². The lowest BCUT2D eigenvalue weighted by Crippen LogP contribution is -2.48. The third-order valence-corrected chi connectivity index (χ3v) is 4.57. The summed E-state index contributed by atoms with van der Waals surface area (Å²) < 4.78 is 21.1. The fourth-order valence-electron chi connectivity index (χ4n) is 2.93. The highest BCUT2D eigenvalue weighted by Gasteiger charge is 2.38. The van der Waals surface area contributed by atoms with Gasteiger partial charge in [0, 0.05) is 38.7 Å².